The van der Waals surface area contributed by atoms with Gasteiger partial charge in [0.2, 0.25) is 13.1 Å². The molecule has 8 nitrogen and oxygen atoms in total. The number of hydrogen-bond donors (Lipinski definition) is 0. The van der Waals surface area contributed by atoms with E-state index in [-0.39, 0.29) is 26.0 Å². The molecule has 1 radical (unpaired) electrons. The van der Waals surface area contributed by atoms with Crippen LogP contribution in [0, 0.1) is 6.26 Å². The Bertz CT molecular complexity index is 868. The van der Waals surface area contributed by atoms with Crippen molar-refractivity contribution in [3.05, 3.63) is 41.3 Å². The standard InChI is InChI=1S/C16H11BrN3O5/c17-11-6-18-16(19-7-11)22-4-3-21-15-12(8-25-20-15)10-1-2-13-14(5-10)24-9-23-13/h1-2,5-7H,3-4,9H2. The lowest BCUT2D eigenvalue weighted by atomic mass is 10.1. The van der Waals surface area contributed by atoms with Gasteiger partial charge in [-0.05, 0) is 38.8 Å². The fourth-order valence-corrected chi connectivity index (χ4v) is 2.38. The zero-order chi connectivity index (χ0) is 17.1. The van der Waals surface area contributed by atoms with Crippen molar-refractivity contribution < 1.29 is 23.5 Å². The summed E-state index contributed by atoms with van der Waals surface area (Å²) in [6.45, 7) is 0.720. The molecule has 0 aliphatic carbocycles. The first-order chi connectivity index (χ1) is 12.3. The van der Waals surface area contributed by atoms with Gasteiger partial charge in [0.05, 0.1) is 10.0 Å². The number of nitrogens with zero attached hydrogens (tertiary/aromatic N) is 3. The maximum Gasteiger partial charge on any atom is 0.316 e. The molecule has 0 saturated heterocycles. The van der Waals surface area contributed by atoms with Crippen molar-refractivity contribution in [1.29, 1.82) is 0 Å². The highest BCUT2D eigenvalue weighted by atomic mass is 79.9. The van der Waals surface area contributed by atoms with Gasteiger partial charge in [-0.25, -0.2) is 9.97 Å². The first-order valence-electron chi connectivity index (χ1n) is 7.30. The summed E-state index contributed by atoms with van der Waals surface area (Å²) < 4.78 is 27.3. The van der Waals surface area contributed by atoms with Gasteiger partial charge in [0.1, 0.15) is 13.2 Å². The first kappa shape index (κ1) is 15.7. The minimum atomic E-state index is 0.213. The fourth-order valence-electron chi connectivity index (χ4n) is 2.18. The highest BCUT2D eigenvalue weighted by molar-refractivity contribution is 9.10. The van der Waals surface area contributed by atoms with Crippen molar-refractivity contribution in [1.82, 2.24) is 15.1 Å². The van der Waals surface area contributed by atoms with E-state index < -0.39 is 0 Å². The quantitative estimate of drug-likeness (QED) is 0.579. The van der Waals surface area contributed by atoms with Crippen molar-refractivity contribution in [3.8, 4) is 34.5 Å². The van der Waals surface area contributed by atoms with E-state index in [0.29, 0.717) is 22.9 Å². The number of ether oxygens (including phenoxy) is 4. The van der Waals surface area contributed by atoms with Crippen molar-refractivity contribution in [3.63, 3.8) is 0 Å². The largest absolute Gasteiger partial charge is 0.471 e. The highest BCUT2D eigenvalue weighted by Gasteiger charge is 2.18. The second-order valence-electron chi connectivity index (χ2n) is 4.91. The molecule has 9 heteroatoms. The first-order valence-corrected chi connectivity index (χ1v) is 8.09. The van der Waals surface area contributed by atoms with Crippen LogP contribution in [0.25, 0.3) is 11.1 Å². The van der Waals surface area contributed by atoms with Crippen LogP contribution in [-0.4, -0.2) is 35.1 Å². The van der Waals surface area contributed by atoms with Crippen LogP contribution in [0.3, 0.4) is 0 Å². The van der Waals surface area contributed by atoms with Crippen LogP contribution < -0.4 is 18.9 Å². The molecule has 0 unspecified atom stereocenters. The summed E-state index contributed by atoms with van der Waals surface area (Å²) in [6.07, 6.45) is 5.91. The van der Waals surface area contributed by atoms with Crippen LogP contribution >= 0.6 is 15.9 Å². The summed E-state index contributed by atoms with van der Waals surface area (Å²) in [7, 11) is 0. The molecule has 0 bridgehead atoms. The third kappa shape index (κ3) is 3.50. The lowest BCUT2D eigenvalue weighted by molar-refractivity contribution is 0.174. The number of aromatic nitrogens is 3. The summed E-state index contributed by atoms with van der Waals surface area (Å²) in [5, 5.41) is 3.82. The molecule has 3 heterocycles. The van der Waals surface area contributed by atoms with Crippen molar-refractivity contribution in [2.24, 2.45) is 0 Å². The Kier molecular flexibility index (Phi) is 4.38. The predicted octanol–water partition coefficient (Wildman–Crippen LogP) is 2.88. The van der Waals surface area contributed by atoms with Gasteiger partial charge in [0, 0.05) is 12.4 Å². The lowest BCUT2D eigenvalue weighted by Crippen LogP contribution is -2.11. The number of benzene rings is 1. The van der Waals surface area contributed by atoms with Crippen LogP contribution in [0.4, 0.5) is 0 Å². The number of rotatable bonds is 6. The Morgan fingerprint density at radius 1 is 1.08 bits per heavy atom. The van der Waals surface area contributed by atoms with Gasteiger partial charge >= 0.3 is 6.01 Å². The van der Waals surface area contributed by atoms with Gasteiger partial charge in [-0.15, -0.1) is 0 Å². The minimum Gasteiger partial charge on any atom is -0.471 e. The van der Waals surface area contributed by atoms with Crippen LogP contribution in [0.15, 0.2) is 39.6 Å². The smallest absolute Gasteiger partial charge is 0.316 e. The third-order valence-corrected chi connectivity index (χ3v) is 3.71. The molecule has 2 aromatic heterocycles. The monoisotopic (exact) mass is 404 g/mol. The van der Waals surface area contributed by atoms with Crippen LogP contribution in [0.1, 0.15) is 0 Å². The second-order valence-corrected chi connectivity index (χ2v) is 5.83. The van der Waals surface area contributed by atoms with Gasteiger partial charge in [-0.1, -0.05) is 6.07 Å². The minimum absolute atomic E-state index is 0.213. The molecule has 0 atom stereocenters. The average molecular weight is 405 g/mol. The maximum absolute atomic E-state index is 5.60. The van der Waals surface area contributed by atoms with E-state index in [4.69, 9.17) is 23.5 Å². The molecule has 0 fully saturated rings. The summed E-state index contributed by atoms with van der Waals surface area (Å²) in [4.78, 5) is 8.02. The van der Waals surface area contributed by atoms with E-state index in [1.54, 1.807) is 12.4 Å². The Labute approximate surface area is 150 Å². The molecule has 1 aliphatic heterocycles. The van der Waals surface area contributed by atoms with E-state index in [2.05, 4.69) is 37.3 Å². The van der Waals surface area contributed by atoms with Crippen LogP contribution in [-0.2, 0) is 0 Å². The average Bonchev–Trinajstić information content (AvgIpc) is 3.28. The summed E-state index contributed by atoms with van der Waals surface area (Å²) in [5.74, 6) is 1.68. The van der Waals surface area contributed by atoms with Crippen molar-refractivity contribution in [2.75, 3.05) is 20.0 Å². The predicted molar refractivity (Wildman–Crippen MR) is 87.6 cm³/mol. The van der Waals surface area contributed by atoms with E-state index in [1.165, 1.54) is 0 Å². The molecule has 127 valence electrons. The Morgan fingerprint density at radius 2 is 1.88 bits per heavy atom. The van der Waals surface area contributed by atoms with E-state index >= 15 is 0 Å². The Balaban J connectivity index is 1.38. The zero-order valence-electron chi connectivity index (χ0n) is 12.8. The van der Waals surface area contributed by atoms with E-state index in [1.807, 2.05) is 18.2 Å². The fraction of sp³-hybridized carbons (Fsp3) is 0.188. The Morgan fingerprint density at radius 3 is 2.76 bits per heavy atom. The molecule has 3 aromatic rings. The maximum atomic E-state index is 5.60. The Hall–Kier alpha value is -2.81. The zero-order valence-corrected chi connectivity index (χ0v) is 14.4. The molecule has 1 aromatic carbocycles. The van der Waals surface area contributed by atoms with Crippen molar-refractivity contribution in [2.45, 2.75) is 0 Å². The second kappa shape index (κ2) is 6.98. The molecular formula is C16H11BrN3O5. The molecule has 0 spiro atoms. The molecule has 4 rings (SSSR count). The number of fused-ring (bicyclic) bond motifs is 1. The van der Waals surface area contributed by atoms with Crippen molar-refractivity contribution >= 4 is 15.9 Å². The van der Waals surface area contributed by atoms with Gasteiger partial charge in [0.25, 0.3) is 5.88 Å². The topological polar surface area (TPSA) is 88.7 Å². The van der Waals surface area contributed by atoms with Crippen LogP contribution in [0.5, 0.6) is 23.4 Å². The summed E-state index contributed by atoms with van der Waals surface area (Å²) in [5.41, 5.74) is 1.40. The van der Waals surface area contributed by atoms with Gasteiger partial charge in [0.15, 0.2) is 11.5 Å². The normalized spacial score (nSPS) is 12.2. The molecular weight excluding hydrogens is 394 g/mol. The molecule has 1 aliphatic rings. The number of halogens is 1. The van der Waals surface area contributed by atoms with Crippen LogP contribution in [0.2, 0.25) is 0 Å². The van der Waals surface area contributed by atoms with E-state index in [9.17, 15) is 0 Å². The third-order valence-electron chi connectivity index (χ3n) is 3.30. The molecule has 0 amide bonds. The van der Waals surface area contributed by atoms with Gasteiger partial charge < -0.3 is 23.5 Å². The number of hydrogen-bond acceptors (Lipinski definition) is 8. The van der Waals surface area contributed by atoms with Gasteiger partial charge in [-0.2, -0.15) is 0 Å². The summed E-state index contributed by atoms with van der Waals surface area (Å²) >= 11 is 3.26. The highest BCUT2D eigenvalue weighted by Crippen LogP contribution is 2.38. The van der Waals surface area contributed by atoms with Gasteiger partial charge in [-0.3, -0.25) is 0 Å². The lowest BCUT2D eigenvalue weighted by Gasteiger charge is -2.06. The molecule has 25 heavy (non-hydrogen) atoms. The molecule has 0 saturated carbocycles. The van der Waals surface area contributed by atoms with E-state index in [0.717, 1.165) is 10.0 Å². The summed E-state index contributed by atoms with van der Waals surface area (Å²) in [6, 6.07) is 5.77. The molecule has 0 N–H and O–H groups in total. The SMILES string of the molecule is Brc1cnc(OCCOc2no[c]c2-c2ccc3c(c2)OCO3)nc1.